The molecular formula is C46H26N4S. The molecule has 51 heavy (non-hydrogen) atoms. The van der Waals surface area contributed by atoms with Crippen LogP contribution < -0.4 is 0 Å². The summed E-state index contributed by atoms with van der Waals surface area (Å²) in [6, 6.07) is 56.7. The van der Waals surface area contributed by atoms with Gasteiger partial charge in [-0.05, 0) is 41.5 Å². The number of rotatable bonds is 3. The van der Waals surface area contributed by atoms with Crippen molar-refractivity contribution in [2.45, 2.75) is 0 Å². The van der Waals surface area contributed by atoms with E-state index in [0.717, 1.165) is 32.5 Å². The summed E-state index contributed by atoms with van der Waals surface area (Å²) in [6.45, 7) is 0. The van der Waals surface area contributed by atoms with E-state index in [0.29, 0.717) is 5.95 Å². The zero-order valence-electron chi connectivity index (χ0n) is 27.2. The fraction of sp³-hybridized carbons (Fsp3) is 0. The number of nitrogens with zero attached hydrogens (tertiary/aromatic N) is 4. The summed E-state index contributed by atoms with van der Waals surface area (Å²) in [5.41, 5.74) is 10.3. The Hall–Kier alpha value is -6.56. The summed E-state index contributed by atoms with van der Waals surface area (Å²) < 4.78 is 5.99. The highest BCUT2D eigenvalue weighted by Crippen LogP contribution is 2.47. The van der Waals surface area contributed by atoms with E-state index in [2.05, 4.69) is 167 Å². The summed E-state index contributed by atoms with van der Waals surface area (Å²) in [7, 11) is 0. The largest absolute Gasteiger partial charge is 0.308 e. The average molecular weight is 667 g/mol. The van der Waals surface area contributed by atoms with Gasteiger partial charge in [0, 0.05) is 53.4 Å². The summed E-state index contributed by atoms with van der Waals surface area (Å²) in [5.74, 6) is 0.685. The smallest absolute Gasteiger partial charge is 0.236 e. The molecule has 12 aromatic rings. The molecule has 0 bridgehead atoms. The van der Waals surface area contributed by atoms with E-state index in [1.54, 1.807) is 11.3 Å². The minimum Gasteiger partial charge on any atom is -0.308 e. The van der Waals surface area contributed by atoms with E-state index >= 15 is 0 Å². The van der Waals surface area contributed by atoms with Crippen LogP contribution >= 0.6 is 11.3 Å². The Balaban J connectivity index is 1.23. The third kappa shape index (κ3) is 3.63. The van der Waals surface area contributed by atoms with E-state index in [1.807, 2.05) is 0 Å². The number of hydrogen-bond acceptors (Lipinski definition) is 3. The standard InChI is InChI=1S/C46H26N4S/c1-2-12-27(13-3-1)28-22-24-29(25-23-28)42-40-33-17-7-11-21-39(33)51-45(40)48-46(47-42)50-37-19-9-5-15-31(37)35-26-34-30-14-4-8-18-36(30)49-38-20-10-6-16-32(38)41(43(34)49)44(35)50/h1-26H. The SMILES string of the molecule is c1ccc(-c2ccc(-c3nc(-n4c5ccccc5c5cc6c7ccccc7n7c8ccccc8c(c54)c67)nc4sc5ccccc5c34)cc2)cc1. The highest BCUT2D eigenvalue weighted by Gasteiger charge is 2.26. The Labute approximate surface area is 295 Å². The molecule has 12 rings (SSSR count). The second-order valence-corrected chi connectivity index (χ2v) is 14.4. The molecular weight excluding hydrogens is 641 g/mol. The maximum Gasteiger partial charge on any atom is 0.236 e. The summed E-state index contributed by atoms with van der Waals surface area (Å²) in [5, 5.41) is 9.70. The zero-order chi connectivity index (χ0) is 33.2. The molecule has 0 fully saturated rings. The molecule has 0 radical (unpaired) electrons. The molecule has 236 valence electrons. The Morgan fingerprint density at radius 3 is 1.76 bits per heavy atom. The second kappa shape index (κ2) is 10.0. The van der Waals surface area contributed by atoms with Crippen LogP contribution in [-0.2, 0) is 0 Å². The molecule has 7 aromatic carbocycles. The lowest BCUT2D eigenvalue weighted by molar-refractivity contribution is 1.02. The fourth-order valence-electron chi connectivity index (χ4n) is 8.54. The molecule has 0 unspecified atom stereocenters. The first-order valence-corrected chi connectivity index (χ1v) is 18.1. The second-order valence-electron chi connectivity index (χ2n) is 13.4. The van der Waals surface area contributed by atoms with Crippen LogP contribution in [0, 0.1) is 0 Å². The summed E-state index contributed by atoms with van der Waals surface area (Å²) >= 11 is 1.74. The number of thiophene rings is 1. The Morgan fingerprint density at radius 2 is 0.980 bits per heavy atom. The minimum atomic E-state index is 0.685. The first kappa shape index (κ1) is 27.3. The van der Waals surface area contributed by atoms with Crippen LogP contribution in [0.15, 0.2) is 158 Å². The van der Waals surface area contributed by atoms with Crippen molar-refractivity contribution in [2.75, 3.05) is 0 Å². The quantitative estimate of drug-likeness (QED) is 0.188. The van der Waals surface area contributed by atoms with Gasteiger partial charge in [0.1, 0.15) is 4.83 Å². The van der Waals surface area contributed by atoms with Gasteiger partial charge < -0.3 is 4.40 Å². The van der Waals surface area contributed by atoms with E-state index < -0.39 is 0 Å². The van der Waals surface area contributed by atoms with Gasteiger partial charge in [-0.25, -0.2) is 9.97 Å². The van der Waals surface area contributed by atoms with Gasteiger partial charge in [-0.2, -0.15) is 0 Å². The van der Waals surface area contributed by atoms with Crippen molar-refractivity contribution in [3.05, 3.63) is 158 Å². The van der Waals surface area contributed by atoms with Gasteiger partial charge in [0.15, 0.2) is 0 Å². The van der Waals surface area contributed by atoms with Crippen molar-refractivity contribution in [3.8, 4) is 28.3 Å². The normalized spacial score (nSPS) is 12.3. The van der Waals surface area contributed by atoms with Crippen LogP contribution in [-0.4, -0.2) is 18.9 Å². The molecule has 0 amide bonds. The highest BCUT2D eigenvalue weighted by molar-refractivity contribution is 7.25. The van der Waals surface area contributed by atoms with Crippen molar-refractivity contribution in [1.29, 1.82) is 0 Å². The summed E-state index contributed by atoms with van der Waals surface area (Å²) in [6.07, 6.45) is 0. The predicted octanol–water partition coefficient (Wildman–Crippen LogP) is 12.4. The van der Waals surface area contributed by atoms with Gasteiger partial charge >= 0.3 is 0 Å². The third-order valence-electron chi connectivity index (χ3n) is 10.7. The molecule has 0 saturated carbocycles. The van der Waals surface area contributed by atoms with E-state index in [9.17, 15) is 0 Å². The number of para-hydroxylation sites is 3. The molecule has 0 aliphatic carbocycles. The monoisotopic (exact) mass is 666 g/mol. The molecule has 0 saturated heterocycles. The Kier molecular flexibility index (Phi) is 5.35. The van der Waals surface area contributed by atoms with Gasteiger partial charge in [-0.3, -0.25) is 4.57 Å². The van der Waals surface area contributed by atoms with Crippen LogP contribution in [0.5, 0.6) is 0 Å². The number of hydrogen-bond donors (Lipinski definition) is 0. The Morgan fingerprint density at radius 1 is 0.412 bits per heavy atom. The molecule has 0 spiro atoms. The lowest BCUT2D eigenvalue weighted by Gasteiger charge is -2.11. The first-order valence-electron chi connectivity index (χ1n) is 17.3. The lowest BCUT2D eigenvalue weighted by Crippen LogP contribution is -2.03. The number of fused-ring (bicyclic) bond motifs is 13. The molecule has 5 heteroatoms. The first-order chi connectivity index (χ1) is 25.3. The maximum atomic E-state index is 5.56. The highest BCUT2D eigenvalue weighted by atomic mass is 32.1. The predicted molar refractivity (Wildman–Crippen MR) is 215 cm³/mol. The van der Waals surface area contributed by atoms with Crippen molar-refractivity contribution < 1.29 is 0 Å². The average Bonchev–Trinajstić information content (AvgIpc) is 3.93. The summed E-state index contributed by atoms with van der Waals surface area (Å²) in [4.78, 5) is 12.0. The number of aromatic nitrogens is 4. The van der Waals surface area contributed by atoms with Gasteiger partial charge in [0.25, 0.3) is 0 Å². The number of benzene rings is 7. The Bertz CT molecular complexity index is 3350. The molecule has 5 heterocycles. The van der Waals surface area contributed by atoms with Crippen molar-refractivity contribution >= 4 is 91.5 Å². The van der Waals surface area contributed by atoms with E-state index in [-0.39, 0.29) is 0 Å². The fourth-order valence-corrected chi connectivity index (χ4v) is 9.61. The topological polar surface area (TPSA) is 35.1 Å². The van der Waals surface area contributed by atoms with Gasteiger partial charge in [-0.1, -0.05) is 127 Å². The van der Waals surface area contributed by atoms with Crippen molar-refractivity contribution in [3.63, 3.8) is 0 Å². The van der Waals surface area contributed by atoms with Crippen LogP contribution in [0.25, 0.3) is 109 Å². The van der Waals surface area contributed by atoms with E-state index in [1.165, 1.54) is 70.1 Å². The third-order valence-corrected chi connectivity index (χ3v) is 11.8. The van der Waals surface area contributed by atoms with Crippen LogP contribution in [0.3, 0.4) is 0 Å². The van der Waals surface area contributed by atoms with Crippen molar-refractivity contribution in [1.82, 2.24) is 18.9 Å². The minimum absolute atomic E-state index is 0.685. The van der Waals surface area contributed by atoms with E-state index in [4.69, 9.17) is 9.97 Å². The zero-order valence-corrected chi connectivity index (χ0v) is 28.0. The lowest BCUT2D eigenvalue weighted by atomic mass is 10.0. The van der Waals surface area contributed by atoms with Crippen LogP contribution in [0.4, 0.5) is 0 Å². The van der Waals surface area contributed by atoms with Crippen molar-refractivity contribution in [2.24, 2.45) is 0 Å². The molecule has 0 N–H and O–H groups in total. The molecule has 4 nitrogen and oxygen atoms in total. The molecule has 5 aromatic heterocycles. The molecule has 0 aliphatic heterocycles. The molecule has 0 atom stereocenters. The van der Waals surface area contributed by atoms with Gasteiger partial charge in [0.2, 0.25) is 5.95 Å². The van der Waals surface area contributed by atoms with Gasteiger partial charge in [-0.15, -0.1) is 11.3 Å². The maximum absolute atomic E-state index is 5.56. The molecule has 0 aliphatic rings. The van der Waals surface area contributed by atoms with Gasteiger partial charge in [0.05, 0.1) is 33.3 Å². The van der Waals surface area contributed by atoms with Crippen LogP contribution in [0.1, 0.15) is 0 Å². The van der Waals surface area contributed by atoms with Crippen LogP contribution in [0.2, 0.25) is 0 Å².